The Balaban J connectivity index is 1.90. The van der Waals surface area contributed by atoms with E-state index in [0.717, 1.165) is 16.9 Å². The monoisotopic (exact) mass is 241 g/mol. The zero-order valence-corrected chi connectivity index (χ0v) is 9.94. The summed E-state index contributed by atoms with van der Waals surface area (Å²) in [7, 11) is 0. The number of benzene rings is 1. The summed E-state index contributed by atoms with van der Waals surface area (Å²) in [6.07, 6.45) is 1.42. The molecule has 1 aromatic heterocycles. The Morgan fingerprint density at radius 3 is 2.94 bits per heavy atom. The quantitative estimate of drug-likeness (QED) is 0.819. The number of carbonyl (C=O) groups is 1. The fraction of sp³-hybridized carbons (Fsp3) is 0.143. The number of cyclic esters (lactones) is 1. The van der Waals surface area contributed by atoms with Crippen LogP contribution >= 0.6 is 0 Å². The van der Waals surface area contributed by atoms with Crippen molar-refractivity contribution >= 4 is 11.8 Å². The van der Waals surface area contributed by atoms with Gasteiger partial charge < -0.3 is 4.74 Å². The van der Waals surface area contributed by atoms with E-state index < -0.39 is 6.23 Å². The summed E-state index contributed by atoms with van der Waals surface area (Å²) >= 11 is 0. The van der Waals surface area contributed by atoms with E-state index in [0.29, 0.717) is 5.56 Å². The van der Waals surface area contributed by atoms with E-state index in [2.05, 4.69) is 10.3 Å². The highest BCUT2D eigenvalue weighted by molar-refractivity contribution is 5.94. The molecule has 1 aliphatic heterocycles. The van der Waals surface area contributed by atoms with Crippen LogP contribution in [0.1, 0.15) is 27.7 Å². The van der Waals surface area contributed by atoms with E-state index in [9.17, 15) is 4.79 Å². The summed E-state index contributed by atoms with van der Waals surface area (Å²) in [6.45, 7) is 2.01. The lowest BCUT2D eigenvalue weighted by atomic mass is 10.1. The molecule has 0 saturated carbocycles. The molecular formula is C14H13N2O2+. The number of pyridine rings is 1. The smallest absolute Gasteiger partial charge is 0.342 e. The predicted octanol–water partition coefficient (Wildman–Crippen LogP) is 2.09. The topological polar surface area (TPSA) is 52.5 Å². The fourth-order valence-electron chi connectivity index (χ4n) is 2.06. The van der Waals surface area contributed by atoms with Gasteiger partial charge in [0, 0.05) is 6.07 Å². The molecule has 0 aliphatic carbocycles. The molecule has 0 amide bonds. The average Bonchev–Trinajstić information content (AvgIpc) is 2.67. The standard InChI is InChI=1S/C14H12N2O2/c1-9-6-7-15-12(8-9)16-13-10-4-2-3-5-11(10)14(17)18-13/h2-8,13H,1H3,(H,15,16)/p+1/t13-/m0/s1. The summed E-state index contributed by atoms with van der Waals surface area (Å²) in [6, 6.07) is 11.3. The van der Waals surface area contributed by atoms with Crippen molar-refractivity contribution in [3.8, 4) is 0 Å². The van der Waals surface area contributed by atoms with Crippen molar-refractivity contribution in [2.24, 2.45) is 0 Å². The first-order valence-corrected chi connectivity index (χ1v) is 5.79. The van der Waals surface area contributed by atoms with Crippen molar-refractivity contribution < 1.29 is 14.5 Å². The molecular weight excluding hydrogens is 228 g/mol. The number of ether oxygens (including phenoxy) is 1. The SMILES string of the molecule is Cc1cc[nH+]c(N[C@H]2OC(=O)c3ccccc32)c1. The second-order valence-corrected chi connectivity index (χ2v) is 4.30. The van der Waals surface area contributed by atoms with Crippen LogP contribution in [0.15, 0.2) is 42.6 Å². The number of fused-ring (bicyclic) bond motifs is 1. The summed E-state index contributed by atoms with van der Waals surface area (Å²) in [5, 5.41) is 3.17. The van der Waals surface area contributed by atoms with Gasteiger partial charge in [-0.3, -0.25) is 0 Å². The summed E-state index contributed by atoms with van der Waals surface area (Å²) in [5.41, 5.74) is 2.63. The second kappa shape index (κ2) is 4.14. The Morgan fingerprint density at radius 1 is 1.28 bits per heavy atom. The van der Waals surface area contributed by atoms with Crippen molar-refractivity contribution in [2.75, 3.05) is 5.32 Å². The van der Waals surface area contributed by atoms with Gasteiger partial charge in [0.05, 0.1) is 17.3 Å². The summed E-state index contributed by atoms with van der Waals surface area (Å²) < 4.78 is 5.31. The van der Waals surface area contributed by atoms with Crippen molar-refractivity contribution in [3.05, 3.63) is 59.3 Å². The molecule has 2 heterocycles. The van der Waals surface area contributed by atoms with Crippen LogP contribution in [0.3, 0.4) is 0 Å². The lowest BCUT2D eigenvalue weighted by molar-refractivity contribution is -0.362. The number of aromatic amines is 1. The van der Waals surface area contributed by atoms with Gasteiger partial charge in [0.1, 0.15) is 0 Å². The molecule has 3 rings (SSSR count). The van der Waals surface area contributed by atoms with Gasteiger partial charge >= 0.3 is 5.97 Å². The highest BCUT2D eigenvalue weighted by atomic mass is 16.6. The lowest BCUT2D eigenvalue weighted by Gasteiger charge is -2.07. The van der Waals surface area contributed by atoms with Crippen molar-refractivity contribution in [1.29, 1.82) is 0 Å². The first-order chi connectivity index (χ1) is 8.74. The zero-order valence-electron chi connectivity index (χ0n) is 9.94. The van der Waals surface area contributed by atoms with Crippen molar-refractivity contribution in [1.82, 2.24) is 0 Å². The molecule has 0 bridgehead atoms. The number of carbonyl (C=O) groups excluding carboxylic acids is 1. The molecule has 4 heteroatoms. The average molecular weight is 241 g/mol. The van der Waals surface area contributed by atoms with E-state index in [1.54, 1.807) is 6.07 Å². The van der Waals surface area contributed by atoms with Crippen molar-refractivity contribution in [3.63, 3.8) is 0 Å². The Labute approximate surface area is 105 Å². The van der Waals surface area contributed by atoms with Crippen LogP contribution in [0.2, 0.25) is 0 Å². The van der Waals surface area contributed by atoms with Crippen LogP contribution < -0.4 is 10.3 Å². The van der Waals surface area contributed by atoms with Crippen LogP contribution in [-0.2, 0) is 4.74 Å². The van der Waals surface area contributed by atoms with Gasteiger partial charge in [-0.1, -0.05) is 18.2 Å². The Morgan fingerprint density at radius 2 is 2.11 bits per heavy atom. The van der Waals surface area contributed by atoms with Crippen LogP contribution in [0.5, 0.6) is 0 Å². The van der Waals surface area contributed by atoms with Gasteiger partial charge in [0.15, 0.2) is 0 Å². The van der Waals surface area contributed by atoms with Gasteiger partial charge in [0.2, 0.25) is 0 Å². The number of hydrogen-bond acceptors (Lipinski definition) is 3. The Hall–Kier alpha value is -2.36. The molecule has 18 heavy (non-hydrogen) atoms. The minimum atomic E-state index is -0.424. The van der Waals surface area contributed by atoms with Crippen LogP contribution in [-0.4, -0.2) is 5.97 Å². The van der Waals surface area contributed by atoms with Gasteiger partial charge in [-0.2, -0.15) is 0 Å². The van der Waals surface area contributed by atoms with Crippen LogP contribution in [0.25, 0.3) is 0 Å². The summed E-state index contributed by atoms with van der Waals surface area (Å²) in [5.74, 6) is 0.542. The Bertz CT molecular complexity index is 610. The minimum absolute atomic E-state index is 0.282. The first kappa shape index (κ1) is 10.8. The van der Waals surface area contributed by atoms with E-state index in [-0.39, 0.29) is 5.97 Å². The van der Waals surface area contributed by atoms with E-state index in [4.69, 9.17) is 4.74 Å². The third-order valence-corrected chi connectivity index (χ3v) is 2.93. The third kappa shape index (κ3) is 1.82. The molecule has 0 radical (unpaired) electrons. The molecule has 0 saturated heterocycles. The molecule has 0 unspecified atom stereocenters. The van der Waals surface area contributed by atoms with Gasteiger partial charge in [-0.15, -0.1) is 0 Å². The normalized spacial score (nSPS) is 17.2. The third-order valence-electron chi connectivity index (χ3n) is 2.93. The van der Waals surface area contributed by atoms with E-state index >= 15 is 0 Å². The van der Waals surface area contributed by atoms with Crippen molar-refractivity contribution in [2.45, 2.75) is 13.2 Å². The second-order valence-electron chi connectivity index (χ2n) is 4.30. The maximum atomic E-state index is 11.7. The number of H-pyrrole nitrogens is 1. The first-order valence-electron chi connectivity index (χ1n) is 5.79. The number of rotatable bonds is 2. The highest BCUT2D eigenvalue weighted by Gasteiger charge is 2.33. The van der Waals surface area contributed by atoms with E-state index in [1.165, 1.54) is 0 Å². The number of aryl methyl sites for hydroxylation is 1. The number of anilines is 1. The molecule has 2 aromatic rings. The molecule has 4 nitrogen and oxygen atoms in total. The minimum Gasteiger partial charge on any atom is -0.414 e. The number of nitrogens with one attached hydrogen (secondary N) is 2. The largest absolute Gasteiger partial charge is 0.414 e. The fourth-order valence-corrected chi connectivity index (χ4v) is 2.06. The lowest BCUT2D eigenvalue weighted by Crippen LogP contribution is -2.17. The molecule has 0 spiro atoms. The van der Waals surface area contributed by atoms with Crippen LogP contribution in [0, 0.1) is 6.92 Å². The van der Waals surface area contributed by atoms with Gasteiger partial charge in [0.25, 0.3) is 12.0 Å². The van der Waals surface area contributed by atoms with Gasteiger partial charge in [-0.05, 0) is 24.6 Å². The number of aromatic nitrogens is 1. The molecule has 90 valence electrons. The van der Waals surface area contributed by atoms with Gasteiger partial charge in [-0.25, -0.2) is 15.1 Å². The zero-order chi connectivity index (χ0) is 12.5. The maximum absolute atomic E-state index is 11.7. The molecule has 1 atom stereocenters. The maximum Gasteiger partial charge on any atom is 0.342 e. The Kier molecular flexibility index (Phi) is 2.48. The number of esters is 1. The van der Waals surface area contributed by atoms with E-state index in [1.807, 2.05) is 43.5 Å². The predicted molar refractivity (Wildman–Crippen MR) is 66.0 cm³/mol. The molecule has 0 fully saturated rings. The summed E-state index contributed by atoms with van der Waals surface area (Å²) in [4.78, 5) is 14.7. The number of hydrogen-bond donors (Lipinski definition) is 1. The highest BCUT2D eigenvalue weighted by Crippen LogP contribution is 2.30. The molecule has 1 aromatic carbocycles. The molecule has 2 N–H and O–H groups in total. The van der Waals surface area contributed by atoms with Crippen LogP contribution in [0.4, 0.5) is 5.82 Å². The molecule has 1 aliphatic rings.